The van der Waals surface area contributed by atoms with Crippen LogP contribution in [-0.2, 0) is 10.0 Å². The Balaban J connectivity index is 2.11. The largest absolute Gasteiger partial charge is 0.466 e. The molecule has 0 spiro atoms. The number of alkyl halides is 3. The molecular formula is C17H16ClF3N4O3S. The van der Waals surface area contributed by atoms with Crippen LogP contribution in [0.5, 0.6) is 6.01 Å². The highest BCUT2D eigenvalue weighted by Gasteiger charge is 2.48. The third-order valence-corrected chi connectivity index (χ3v) is 6.36. The summed E-state index contributed by atoms with van der Waals surface area (Å²) in [5, 5.41) is 4.17. The van der Waals surface area contributed by atoms with Crippen LogP contribution < -0.4 is 4.74 Å². The van der Waals surface area contributed by atoms with Crippen molar-refractivity contribution in [3.63, 3.8) is 0 Å². The minimum atomic E-state index is -4.85. The quantitative estimate of drug-likeness (QED) is 0.574. The first kappa shape index (κ1) is 21.3. The highest BCUT2D eigenvalue weighted by atomic mass is 35.5. The van der Waals surface area contributed by atoms with Gasteiger partial charge < -0.3 is 4.74 Å². The molecule has 1 aromatic carbocycles. The lowest BCUT2D eigenvalue weighted by molar-refractivity contribution is -0.173. The monoisotopic (exact) mass is 448 g/mol. The molecule has 0 fully saturated rings. The summed E-state index contributed by atoms with van der Waals surface area (Å²) in [7, 11) is -3.18. The third kappa shape index (κ3) is 4.16. The van der Waals surface area contributed by atoms with Crippen LogP contribution in [0, 0.1) is 0 Å². The lowest BCUT2D eigenvalue weighted by Gasteiger charge is -2.31. The van der Waals surface area contributed by atoms with Gasteiger partial charge in [-0.25, -0.2) is 12.9 Å². The van der Waals surface area contributed by atoms with Crippen LogP contribution in [0.1, 0.15) is 18.5 Å². The van der Waals surface area contributed by atoms with E-state index >= 15 is 0 Å². The number of pyridine rings is 1. The molecule has 0 saturated carbocycles. The first-order chi connectivity index (χ1) is 13.6. The maximum atomic E-state index is 13.9. The van der Waals surface area contributed by atoms with Crippen LogP contribution in [0.4, 0.5) is 13.2 Å². The third-order valence-electron chi connectivity index (χ3n) is 4.17. The molecule has 2 aromatic heterocycles. The lowest BCUT2D eigenvalue weighted by Crippen LogP contribution is -2.42. The van der Waals surface area contributed by atoms with Crippen molar-refractivity contribution < 1.29 is 26.3 Å². The zero-order valence-electron chi connectivity index (χ0n) is 15.3. The number of rotatable bonds is 6. The van der Waals surface area contributed by atoms with Crippen molar-refractivity contribution in [3.05, 3.63) is 53.2 Å². The van der Waals surface area contributed by atoms with E-state index in [9.17, 15) is 21.6 Å². The minimum absolute atomic E-state index is 0.00114. The van der Waals surface area contributed by atoms with Gasteiger partial charge in [-0.15, -0.1) is 5.10 Å². The van der Waals surface area contributed by atoms with Crippen LogP contribution in [0.3, 0.4) is 0 Å². The fourth-order valence-electron chi connectivity index (χ4n) is 2.88. The van der Waals surface area contributed by atoms with Crippen LogP contribution in [0.25, 0.3) is 5.65 Å². The summed E-state index contributed by atoms with van der Waals surface area (Å²) in [6.07, 6.45) is -3.56. The molecular weight excluding hydrogens is 433 g/mol. The van der Waals surface area contributed by atoms with E-state index in [1.165, 1.54) is 36.9 Å². The second-order valence-electron chi connectivity index (χ2n) is 5.97. The number of benzene rings is 1. The van der Waals surface area contributed by atoms with Crippen LogP contribution >= 0.6 is 11.6 Å². The number of ether oxygens (including phenoxy) is 1. The average molecular weight is 449 g/mol. The van der Waals surface area contributed by atoms with E-state index in [1.54, 1.807) is 0 Å². The number of hydrogen-bond donors (Lipinski definition) is 0. The molecule has 0 radical (unpaired) electrons. The van der Waals surface area contributed by atoms with E-state index in [1.807, 2.05) is 0 Å². The Morgan fingerprint density at radius 3 is 2.45 bits per heavy atom. The van der Waals surface area contributed by atoms with E-state index in [0.29, 0.717) is 4.31 Å². The summed E-state index contributed by atoms with van der Waals surface area (Å²) in [6, 6.07) is 4.81. The van der Waals surface area contributed by atoms with Gasteiger partial charge in [0.25, 0.3) is 0 Å². The van der Waals surface area contributed by atoms with Gasteiger partial charge in [-0.3, -0.25) is 0 Å². The summed E-state index contributed by atoms with van der Waals surface area (Å²) in [6.45, 7) is 0.932. The topological polar surface area (TPSA) is 76.8 Å². The predicted molar refractivity (Wildman–Crippen MR) is 99.4 cm³/mol. The maximum absolute atomic E-state index is 13.9. The van der Waals surface area contributed by atoms with Crippen molar-refractivity contribution in [1.29, 1.82) is 0 Å². The molecule has 0 amide bonds. The summed E-state index contributed by atoms with van der Waals surface area (Å²) >= 11 is 5.76. The van der Waals surface area contributed by atoms with Gasteiger partial charge in [0, 0.05) is 23.8 Å². The van der Waals surface area contributed by atoms with E-state index in [-0.39, 0.29) is 27.1 Å². The maximum Gasteiger partial charge on any atom is 0.409 e. The summed E-state index contributed by atoms with van der Waals surface area (Å²) < 4.78 is 74.5. The van der Waals surface area contributed by atoms with Gasteiger partial charge in [-0.05, 0) is 23.8 Å². The molecule has 7 nitrogen and oxygen atoms in total. The molecule has 0 N–H and O–H groups in total. The average Bonchev–Trinajstić information content (AvgIpc) is 3.08. The molecule has 156 valence electrons. The Hall–Kier alpha value is -2.37. The van der Waals surface area contributed by atoms with Gasteiger partial charge in [0.1, 0.15) is 6.04 Å². The second kappa shape index (κ2) is 7.81. The molecule has 0 saturated heterocycles. The Morgan fingerprint density at radius 2 is 1.90 bits per heavy atom. The molecule has 0 bridgehead atoms. The predicted octanol–water partition coefficient (Wildman–Crippen LogP) is 3.71. The molecule has 0 aliphatic heterocycles. The molecule has 0 aliphatic rings. The van der Waals surface area contributed by atoms with E-state index in [0.717, 1.165) is 24.3 Å². The van der Waals surface area contributed by atoms with Crippen molar-refractivity contribution >= 4 is 27.3 Å². The zero-order chi connectivity index (χ0) is 21.4. The van der Waals surface area contributed by atoms with E-state index < -0.39 is 28.8 Å². The lowest BCUT2D eigenvalue weighted by atomic mass is 10.1. The van der Waals surface area contributed by atoms with Crippen molar-refractivity contribution in [2.24, 2.45) is 0 Å². The number of halogens is 4. The Bertz CT molecular complexity index is 1120. The van der Waals surface area contributed by atoms with Crippen LogP contribution in [0.15, 0.2) is 47.5 Å². The highest BCUT2D eigenvalue weighted by Crippen LogP contribution is 2.40. The number of methoxy groups -OCH3 is 1. The number of hydrogen-bond acceptors (Lipinski definition) is 5. The van der Waals surface area contributed by atoms with Crippen molar-refractivity contribution in [3.8, 4) is 6.01 Å². The number of sulfonamides is 1. The fourth-order valence-corrected chi connectivity index (χ4v) is 4.62. The molecule has 0 aliphatic carbocycles. The Morgan fingerprint density at radius 1 is 1.24 bits per heavy atom. The molecule has 12 heteroatoms. The van der Waals surface area contributed by atoms with Crippen molar-refractivity contribution in [1.82, 2.24) is 18.9 Å². The molecule has 3 aromatic rings. The minimum Gasteiger partial charge on any atom is -0.466 e. The SMILES string of the molecule is CCN(C(c1ccc(Cl)cc1)C(F)(F)F)S(=O)(=O)c1ccn2nc(OC)nc2c1. The Kier molecular flexibility index (Phi) is 5.74. The number of aromatic nitrogens is 3. The molecule has 2 heterocycles. The summed E-state index contributed by atoms with van der Waals surface area (Å²) in [5.74, 6) is 0. The van der Waals surface area contributed by atoms with E-state index in [4.69, 9.17) is 16.3 Å². The van der Waals surface area contributed by atoms with Gasteiger partial charge in [0.15, 0.2) is 5.65 Å². The van der Waals surface area contributed by atoms with Gasteiger partial charge >= 0.3 is 12.2 Å². The molecule has 1 atom stereocenters. The molecule has 1 unspecified atom stereocenters. The van der Waals surface area contributed by atoms with Gasteiger partial charge in [-0.2, -0.15) is 22.5 Å². The summed E-state index contributed by atoms with van der Waals surface area (Å²) in [5.41, 5.74) is -0.119. The number of nitrogens with zero attached hydrogens (tertiary/aromatic N) is 4. The normalized spacial score (nSPS) is 13.8. The Labute approximate surface area is 169 Å². The molecule has 3 rings (SSSR count). The number of fused-ring (bicyclic) bond motifs is 1. The van der Waals surface area contributed by atoms with Crippen LogP contribution in [0.2, 0.25) is 5.02 Å². The van der Waals surface area contributed by atoms with Crippen LogP contribution in [-0.4, -0.2) is 47.2 Å². The van der Waals surface area contributed by atoms with Crippen molar-refractivity contribution in [2.75, 3.05) is 13.7 Å². The smallest absolute Gasteiger partial charge is 0.409 e. The highest BCUT2D eigenvalue weighted by molar-refractivity contribution is 7.89. The van der Waals surface area contributed by atoms with Gasteiger partial charge in [0.05, 0.1) is 12.0 Å². The fraction of sp³-hybridized carbons (Fsp3) is 0.294. The van der Waals surface area contributed by atoms with E-state index in [2.05, 4.69) is 10.1 Å². The van der Waals surface area contributed by atoms with Crippen molar-refractivity contribution in [2.45, 2.75) is 24.0 Å². The standard InChI is InChI=1S/C17H16ClF3N4O3S/c1-3-25(15(17(19,20)21)11-4-6-12(18)7-5-11)29(26,27)13-8-9-24-14(10-13)22-16(23-24)28-2/h4-10,15H,3H2,1-2H3. The first-order valence-electron chi connectivity index (χ1n) is 8.32. The first-order valence-corrected chi connectivity index (χ1v) is 10.1. The van der Waals surface area contributed by atoms with Gasteiger partial charge in [-0.1, -0.05) is 30.7 Å². The van der Waals surface area contributed by atoms with Gasteiger partial charge in [0.2, 0.25) is 10.0 Å². The zero-order valence-corrected chi connectivity index (χ0v) is 16.8. The summed E-state index contributed by atoms with van der Waals surface area (Å²) in [4.78, 5) is 3.62. The molecule has 29 heavy (non-hydrogen) atoms. The second-order valence-corrected chi connectivity index (χ2v) is 8.29.